The summed E-state index contributed by atoms with van der Waals surface area (Å²) in [6.07, 6.45) is -2.28. The van der Waals surface area contributed by atoms with Gasteiger partial charge in [-0.05, 0) is 0 Å². The summed E-state index contributed by atoms with van der Waals surface area (Å²) in [5.41, 5.74) is 5.83. The number of methoxy groups -OCH3 is 1. The van der Waals surface area contributed by atoms with E-state index in [9.17, 15) is 13.6 Å². The van der Waals surface area contributed by atoms with Gasteiger partial charge < -0.3 is 10.5 Å². The number of amides is 1. The van der Waals surface area contributed by atoms with Crippen LogP contribution in [0.1, 0.15) is 11.4 Å². The third kappa shape index (κ3) is 4.06. The smallest absolute Gasteiger partial charge is 0.257 e. The summed E-state index contributed by atoms with van der Waals surface area (Å²) in [5.74, 6) is -0.576. The maximum Gasteiger partial charge on any atom is 0.257 e. The SMILES string of the molecule is COCCc1c(CC(N)=O)nnn1CC(F)F. The van der Waals surface area contributed by atoms with Crippen molar-refractivity contribution in [3.63, 3.8) is 0 Å². The molecule has 96 valence electrons. The fraction of sp³-hybridized carbons (Fsp3) is 0.667. The quantitative estimate of drug-likeness (QED) is 0.722. The molecule has 1 aromatic rings. The minimum absolute atomic E-state index is 0.109. The summed E-state index contributed by atoms with van der Waals surface area (Å²) >= 11 is 0. The number of alkyl halides is 2. The Labute approximate surface area is 96.7 Å². The van der Waals surface area contributed by atoms with Crippen molar-refractivity contribution in [2.24, 2.45) is 5.73 Å². The van der Waals surface area contributed by atoms with E-state index in [2.05, 4.69) is 10.3 Å². The van der Waals surface area contributed by atoms with Gasteiger partial charge in [0.15, 0.2) is 0 Å². The largest absolute Gasteiger partial charge is 0.384 e. The predicted octanol–water partition coefficient (Wildman–Crippen LogP) is -0.240. The molecular formula is C9H14F2N4O2. The number of ether oxygens (including phenoxy) is 1. The first kappa shape index (κ1) is 13.5. The number of carbonyl (C=O) groups excluding carboxylic acids is 1. The molecule has 0 aromatic carbocycles. The van der Waals surface area contributed by atoms with Crippen LogP contribution in [-0.4, -0.2) is 41.0 Å². The molecule has 0 saturated heterocycles. The molecule has 0 aliphatic heterocycles. The topological polar surface area (TPSA) is 83.0 Å². The van der Waals surface area contributed by atoms with Crippen LogP contribution in [0.5, 0.6) is 0 Å². The van der Waals surface area contributed by atoms with Crippen molar-refractivity contribution in [1.29, 1.82) is 0 Å². The Balaban J connectivity index is 2.88. The van der Waals surface area contributed by atoms with Crippen molar-refractivity contribution >= 4 is 5.91 Å². The zero-order valence-electron chi connectivity index (χ0n) is 9.40. The van der Waals surface area contributed by atoms with Gasteiger partial charge in [-0.3, -0.25) is 4.79 Å². The molecule has 0 aliphatic carbocycles. The van der Waals surface area contributed by atoms with Crippen molar-refractivity contribution < 1.29 is 18.3 Å². The van der Waals surface area contributed by atoms with Crippen LogP contribution in [0.15, 0.2) is 0 Å². The molecule has 0 bridgehead atoms. The van der Waals surface area contributed by atoms with E-state index in [0.29, 0.717) is 24.4 Å². The van der Waals surface area contributed by atoms with Crippen LogP contribution in [0.25, 0.3) is 0 Å². The lowest BCUT2D eigenvalue weighted by Crippen LogP contribution is -2.17. The Hall–Kier alpha value is -1.57. The Morgan fingerprint density at radius 2 is 2.29 bits per heavy atom. The highest BCUT2D eigenvalue weighted by molar-refractivity contribution is 5.76. The molecule has 1 amide bonds. The summed E-state index contributed by atoms with van der Waals surface area (Å²) in [6.45, 7) is -0.215. The van der Waals surface area contributed by atoms with Crippen molar-refractivity contribution in [2.75, 3.05) is 13.7 Å². The van der Waals surface area contributed by atoms with Gasteiger partial charge in [0.05, 0.1) is 24.4 Å². The third-order valence-electron chi connectivity index (χ3n) is 2.11. The van der Waals surface area contributed by atoms with Gasteiger partial charge in [-0.15, -0.1) is 5.10 Å². The standard InChI is InChI=1S/C9H14F2N4O2/c1-17-3-2-7-6(4-9(12)16)13-14-15(7)5-8(10)11/h8H,2-5H2,1H3,(H2,12,16). The van der Waals surface area contributed by atoms with Crippen molar-refractivity contribution in [3.8, 4) is 0 Å². The van der Waals surface area contributed by atoms with E-state index in [0.717, 1.165) is 4.68 Å². The number of hydrogen-bond donors (Lipinski definition) is 1. The number of nitrogens with zero attached hydrogens (tertiary/aromatic N) is 3. The van der Waals surface area contributed by atoms with Crippen molar-refractivity contribution in [1.82, 2.24) is 15.0 Å². The fourth-order valence-corrected chi connectivity index (χ4v) is 1.42. The lowest BCUT2D eigenvalue weighted by Gasteiger charge is -2.06. The van der Waals surface area contributed by atoms with Crippen LogP contribution in [0.3, 0.4) is 0 Å². The van der Waals surface area contributed by atoms with Crippen LogP contribution < -0.4 is 5.73 Å². The predicted molar refractivity (Wildman–Crippen MR) is 54.5 cm³/mol. The van der Waals surface area contributed by atoms with E-state index >= 15 is 0 Å². The number of hydrogen-bond acceptors (Lipinski definition) is 4. The van der Waals surface area contributed by atoms with Crippen LogP contribution in [0.2, 0.25) is 0 Å². The fourth-order valence-electron chi connectivity index (χ4n) is 1.42. The summed E-state index contributed by atoms with van der Waals surface area (Å²) in [5, 5.41) is 7.27. The highest BCUT2D eigenvalue weighted by atomic mass is 19.3. The van der Waals surface area contributed by atoms with Gasteiger partial charge in [0.25, 0.3) is 6.43 Å². The van der Waals surface area contributed by atoms with E-state index in [1.807, 2.05) is 0 Å². The number of carbonyl (C=O) groups is 1. The first-order valence-corrected chi connectivity index (χ1v) is 5.01. The lowest BCUT2D eigenvalue weighted by atomic mass is 10.2. The Morgan fingerprint density at radius 3 is 2.82 bits per heavy atom. The molecule has 0 atom stereocenters. The zero-order valence-corrected chi connectivity index (χ0v) is 9.40. The Bertz CT molecular complexity index is 381. The second-order valence-corrected chi connectivity index (χ2v) is 3.44. The van der Waals surface area contributed by atoms with E-state index < -0.39 is 18.9 Å². The summed E-state index contributed by atoms with van der Waals surface area (Å²) < 4.78 is 30.5. The monoisotopic (exact) mass is 248 g/mol. The van der Waals surface area contributed by atoms with Crippen molar-refractivity contribution in [3.05, 3.63) is 11.4 Å². The number of aromatic nitrogens is 3. The molecule has 1 aromatic heterocycles. The highest BCUT2D eigenvalue weighted by Crippen LogP contribution is 2.10. The molecule has 0 radical (unpaired) electrons. The number of nitrogens with two attached hydrogens (primary N) is 1. The van der Waals surface area contributed by atoms with Gasteiger partial charge in [-0.25, -0.2) is 13.5 Å². The van der Waals surface area contributed by atoms with Gasteiger partial charge >= 0.3 is 0 Å². The van der Waals surface area contributed by atoms with Gasteiger partial charge in [-0.2, -0.15) is 0 Å². The normalized spacial score (nSPS) is 11.1. The average Bonchev–Trinajstić information content (AvgIpc) is 2.56. The molecule has 1 rings (SSSR count). The van der Waals surface area contributed by atoms with E-state index in [1.165, 1.54) is 7.11 Å². The van der Waals surface area contributed by atoms with E-state index in [4.69, 9.17) is 10.5 Å². The van der Waals surface area contributed by atoms with Gasteiger partial charge in [0, 0.05) is 13.5 Å². The lowest BCUT2D eigenvalue weighted by molar-refractivity contribution is -0.117. The second-order valence-electron chi connectivity index (χ2n) is 3.44. The summed E-state index contributed by atoms with van der Waals surface area (Å²) in [4.78, 5) is 10.8. The minimum atomic E-state index is -2.53. The summed E-state index contributed by atoms with van der Waals surface area (Å²) in [6, 6.07) is 0. The Kier molecular flexibility index (Phi) is 4.95. The molecule has 0 fully saturated rings. The molecule has 0 unspecified atom stereocenters. The maximum atomic E-state index is 12.3. The maximum absolute atomic E-state index is 12.3. The highest BCUT2D eigenvalue weighted by Gasteiger charge is 2.17. The third-order valence-corrected chi connectivity index (χ3v) is 2.11. The van der Waals surface area contributed by atoms with Crippen molar-refractivity contribution in [2.45, 2.75) is 25.8 Å². The van der Waals surface area contributed by atoms with E-state index in [1.54, 1.807) is 0 Å². The van der Waals surface area contributed by atoms with Gasteiger partial charge in [-0.1, -0.05) is 5.21 Å². The molecule has 2 N–H and O–H groups in total. The Morgan fingerprint density at radius 1 is 1.59 bits per heavy atom. The molecular weight excluding hydrogens is 234 g/mol. The van der Waals surface area contributed by atoms with Crippen LogP contribution in [0.4, 0.5) is 8.78 Å². The summed E-state index contributed by atoms with van der Waals surface area (Å²) in [7, 11) is 1.50. The number of primary amides is 1. The number of halogens is 2. The molecule has 6 nitrogen and oxygen atoms in total. The number of rotatable bonds is 7. The molecule has 0 saturated carbocycles. The second kappa shape index (κ2) is 6.24. The van der Waals surface area contributed by atoms with Crippen LogP contribution in [0, 0.1) is 0 Å². The molecule has 0 aliphatic rings. The van der Waals surface area contributed by atoms with E-state index in [-0.39, 0.29) is 6.42 Å². The van der Waals surface area contributed by atoms with Crippen LogP contribution in [-0.2, 0) is 28.9 Å². The first-order chi connectivity index (χ1) is 8.04. The average molecular weight is 248 g/mol. The molecule has 17 heavy (non-hydrogen) atoms. The molecule has 0 spiro atoms. The zero-order chi connectivity index (χ0) is 12.8. The molecule has 8 heteroatoms. The minimum Gasteiger partial charge on any atom is -0.384 e. The first-order valence-electron chi connectivity index (χ1n) is 5.01. The van der Waals surface area contributed by atoms with Gasteiger partial charge in [0.1, 0.15) is 6.54 Å². The van der Waals surface area contributed by atoms with Crippen LogP contribution >= 0.6 is 0 Å². The molecule has 1 heterocycles. The van der Waals surface area contributed by atoms with Gasteiger partial charge in [0.2, 0.25) is 5.91 Å².